The number of sulfonamides is 1. The Morgan fingerprint density at radius 2 is 1.79 bits per heavy atom. The number of amides is 1. The van der Waals surface area contributed by atoms with Crippen molar-refractivity contribution in [3.63, 3.8) is 0 Å². The number of hydrogen-bond acceptors (Lipinski definition) is 4. The molecule has 1 atom stereocenters. The van der Waals surface area contributed by atoms with Crippen molar-refractivity contribution in [1.82, 2.24) is 9.21 Å². The lowest BCUT2D eigenvalue weighted by atomic mass is 9.93. The summed E-state index contributed by atoms with van der Waals surface area (Å²) in [6, 6.07) is 7.52. The van der Waals surface area contributed by atoms with E-state index in [1.54, 1.807) is 23.5 Å². The van der Waals surface area contributed by atoms with Gasteiger partial charge in [0.1, 0.15) is 0 Å². The minimum absolute atomic E-state index is 0.0937. The van der Waals surface area contributed by atoms with Crippen molar-refractivity contribution >= 4 is 27.3 Å². The summed E-state index contributed by atoms with van der Waals surface area (Å²) < 4.78 is 27.6. The molecule has 2 aliphatic heterocycles. The van der Waals surface area contributed by atoms with Gasteiger partial charge in [0.05, 0.1) is 10.9 Å². The standard InChI is InChI=1S/C22H28N2O3S2/c1-15-4-5-19(14-16(15)2)29(26,27)23-10-6-18(7-11-23)22(25)24-12-8-21-20(17(24)3)9-13-28-21/h4-5,9,13-14,17-18H,6-8,10-12H2,1-3H3. The minimum atomic E-state index is -3.51. The fraction of sp³-hybridized carbons (Fsp3) is 0.500. The first-order chi connectivity index (χ1) is 13.8. The number of aryl methyl sites for hydroxylation is 2. The maximum absolute atomic E-state index is 13.2. The number of hydrogen-bond donors (Lipinski definition) is 0. The van der Waals surface area contributed by atoms with Crippen LogP contribution in [0.2, 0.25) is 0 Å². The Morgan fingerprint density at radius 3 is 2.48 bits per heavy atom. The van der Waals surface area contributed by atoms with Crippen LogP contribution in [0.5, 0.6) is 0 Å². The lowest BCUT2D eigenvalue weighted by molar-refractivity contribution is -0.139. The van der Waals surface area contributed by atoms with Gasteiger partial charge in [-0.15, -0.1) is 11.3 Å². The summed E-state index contributed by atoms with van der Waals surface area (Å²) in [6.07, 6.45) is 2.09. The number of piperidine rings is 1. The van der Waals surface area contributed by atoms with E-state index in [4.69, 9.17) is 0 Å². The van der Waals surface area contributed by atoms with E-state index >= 15 is 0 Å². The molecule has 2 aromatic rings. The molecule has 0 bridgehead atoms. The number of nitrogens with zero attached hydrogens (tertiary/aromatic N) is 2. The lowest BCUT2D eigenvalue weighted by Crippen LogP contribution is -2.46. The van der Waals surface area contributed by atoms with Gasteiger partial charge in [0.25, 0.3) is 0 Å². The maximum Gasteiger partial charge on any atom is 0.243 e. The molecule has 3 heterocycles. The second-order valence-corrected chi connectivity index (χ2v) is 11.1. The van der Waals surface area contributed by atoms with E-state index in [0.717, 1.165) is 24.1 Å². The van der Waals surface area contributed by atoms with Crippen molar-refractivity contribution in [2.45, 2.75) is 51.0 Å². The van der Waals surface area contributed by atoms with Gasteiger partial charge in [0, 0.05) is 30.4 Å². The molecule has 0 radical (unpaired) electrons. The van der Waals surface area contributed by atoms with Crippen molar-refractivity contribution in [3.05, 3.63) is 51.2 Å². The van der Waals surface area contributed by atoms with Gasteiger partial charge in [0.2, 0.25) is 15.9 Å². The number of thiophene rings is 1. The maximum atomic E-state index is 13.2. The van der Waals surface area contributed by atoms with E-state index in [2.05, 4.69) is 18.4 Å². The molecule has 5 nitrogen and oxygen atoms in total. The van der Waals surface area contributed by atoms with Crippen LogP contribution < -0.4 is 0 Å². The Hall–Kier alpha value is -1.70. The quantitative estimate of drug-likeness (QED) is 0.739. The summed E-state index contributed by atoms with van der Waals surface area (Å²) in [7, 11) is -3.51. The highest BCUT2D eigenvalue weighted by molar-refractivity contribution is 7.89. The second kappa shape index (κ2) is 7.85. The Labute approximate surface area is 177 Å². The minimum Gasteiger partial charge on any atom is -0.335 e. The molecule has 7 heteroatoms. The van der Waals surface area contributed by atoms with Gasteiger partial charge in [-0.2, -0.15) is 4.31 Å². The topological polar surface area (TPSA) is 57.7 Å². The largest absolute Gasteiger partial charge is 0.335 e. The van der Waals surface area contributed by atoms with Crippen molar-refractivity contribution in [2.75, 3.05) is 19.6 Å². The van der Waals surface area contributed by atoms with Gasteiger partial charge in [-0.3, -0.25) is 4.79 Å². The van der Waals surface area contributed by atoms with Crippen LogP contribution in [-0.4, -0.2) is 43.2 Å². The van der Waals surface area contributed by atoms with Crippen molar-refractivity contribution in [2.24, 2.45) is 5.92 Å². The molecule has 1 unspecified atom stereocenters. The van der Waals surface area contributed by atoms with Crippen molar-refractivity contribution < 1.29 is 13.2 Å². The molecule has 1 saturated heterocycles. The SMILES string of the molecule is Cc1ccc(S(=O)(=O)N2CCC(C(=O)N3CCc4sccc4C3C)CC2)cc1C. The highest BCUT2D eigenvalue weighted by Crippen LogP contribution is 2.35. The fourth-order valence-electron chi connectivity index (χ4n) is 4.41. The highest BCUT2D eigenvalue weighted by atomic mass is 32.2. The van der Waals surface area contributed by atoms with Crippen LogP contribution in [-0.2, 0) is 21.2 Å². The van der Waals surface area contributed by atoms with Gasteiger partial charge >= 0.3 is 0 Å². The molecule has 1 fully saturated rings. The van der Waals surface area contributed by atoms with Crippen LogP contribution in [0.4, 0.5) is 0 Å². The van der Waals surface area contributed by atoms with E-state index in [-0.39, 0.29) is 17.9 Å². The van der Waals surface area contributed by atoms with Gasteiger partial charge in [-0.05, 0) is 80.3 Å². The Morgan fingerprint density at radius 1 is 1.07 bits per heavy atom. The summed E-state index contributed by atoms with van der Waals surface area (Å²) >= 11 is 1.77. The molecular formula is C22H28N2O3S2. The molecule has 4 rings (SSSR count). The number of carbonyl (C=O) groups is 1. The van der Waals surface area contributed by atoms with Gasteiger partial charge in [-0.1, -0.05) is 6.07 Å². The summed E-state index contributed by atoms with van der Waals surface area (Å²) in [5.41, 5.74) is 3.32. The van der Waals surface area contributed by atoms with Crippen molar-refractivity contribution in [3.8, 4) is 0 Å². The average Bonchev–Trinajstić information content (AvgIpc) is 3.20. The van der Waals surface area contributed by atoms with Crippen LogP contribution in [0.3, 0.4) is 0 Å². The molecule has 1 aromatic heterocycles. The summed E-state index contributed by atoms with van der Waals surface area (Å²) in [5.74, 6) is 0.0846. The predicted molar refractivity (Wildman–Crippen MR) is 116 cm³/mol. The first-order valence-corrected chi connectivity index (χ1v) is 12.5. The number of benzene rings is 1. The van der Waals surface area contributed by atoms with Crippen LogP contribution in [0.25, 0.3) is 0 Å². The predicted octanol–water partition coefficient (Wildman–Crippen LogP) is 3.91. The third kappa shape index (κ3) is 3.76. The van der Waals surface area contributed by atoms with E-state index in [0.29, 0.717) is 30.8 Å². The molecular weight excluding hydrogens is 404 g/mol. The first kappa shape index (κ1) is 20.6. The monoisotopic (exact) mass is 432 g/mol. The summed E-state index contributed by atoms with van der Waals surface area (Å²) in [6.45, 7) is 7.56. The van der Waals surface area contributed by atoms with Crippen LogP contribution in [0.1, 0.15) is 47.4 Å². The normalized spacial score (nSPS) is 21.2. The molecule has 2 aliphatic rings. The van der Waals surface area contributed by atoms with E-state index < -0.39 is 10.0 Å². The number of rotatable bonds is 3. The summed E-state index contributed by atoms with van der Waals surface area (Å²) in [5, 5.41) is 2.10. The second-order valence-electron chi connectivity index (χ2n) is 8.18. The van der Waals surface area contributed by atoms with Crippen LogP contribution in [0, 0.1) is 19.8 Å². The van der Waals surface area contributed by atoms with Crippen LogP contribution in [0.15, 0.2) is 34.5 Å². The highest BCUT2D eigenvalue weighted by Gasteiger charge is 2.36. The van der Waals surface area contributed by atoms with Gasteiger partial charge in [-0.25, -0.2) is 8.42 Å². The van der Waals surface area contributed by atoms with Crippen LogP contribution >= 0.6 is 11.3 Å². The molecule has 29 heavy (non-hydrogen) atoms. The van der Waals surface area contributed by atoms with E-state index in [1.807, 2.05) is 24.8 Å². The third-order valence-corrected chi connectivity index (χ3v) is 9.37. The zero-order valence-corrected chi connectivity index (χ0v) is 18.9. The van der Waals surface area contributed by atoms with E-state index in [1.165, 1.54) is 14.7 Å². The Balaban J connectivity index is 1.43. The first-order valence-electron chi connectivity index (χ1n) is 10.2. The molecule has 0 saturated carbocycles. The molecule has 0 spiro atoms. The molecule has 156 valence electrons. The van der Waals surface area contributed by atoms with E-state index in [9.17, 15) is 13.2 Å². The number of carbonyl (C=O) groups excluding carboxylic acids is 1. The summed E-state index contributed by atoms with van der Waals surface area (Å²) in [4.78, 5) is 16.9. The third-order valence-electron chi connectivity index (χ3n) is 6.48. The molecule has 0 N–H and O–H groups in total. The Bertz CT molecular complexity index is 1020. The van der Waals surface area contributed by atoms with Gasteiger partial charge < -0.3 is 4.90 Å². The molecule has 1 amide bonds. The smallest absolute Gasteiger partial charge is 0.243 e. The molecule has 1 aromatic carbocycles. The fourth-order valence-corrected chi connectivity index (χ4v) is 6.93. The molecule has 0 aliphatic carbocycles. The van der Waals surface area contributed by atoms with Crippen molar-refractivity contribution in [1.29, 1.82) is 0 Å². The lowest BCUT2D eigenvalue weighted by Gasteiger charge is -2.38. The van der Waals surface area contributed by atoms with Gasteiger partial charge in [0.15, 0.2) is 0 Å². The number of fused-ring (bicyclic) bond motifs is 1. The zero-order chi connectivity index (χ0) is 20.8. The Kier molecular flexibility index (Phi) is 5.57. The zero-order valence-electron chi connectivity index (χ0n) is 17.2. The average molecular weight is 433 g/mol.